The number of aromatic carboxylic acids is 1. The number of carboxylic acids is 1. The van der Waals surface area contributed by atoms with Crippen molar-refractivity contribution in [3.63, 3.8) is 0 Å². The van der Waals surface area contributed by atoms with Gasteiger partial charge < -0.3 is 10.4 Å². The first-order valence-corrected chi connectivity index (χ1v) is 5.64. The molecule has 0 unspecified atom stereocenters. The highest BCUT2D eigenvalue weighted by atomic mass is 35.5. The van der Waals surface area contributed by atoms with Crippen molar-refractivity contribution in [3.8, 4) is 6.07 Å². The fourth-order valence-corrected chi connectivity index (χ4v) is 1.65. The van der Waals surface area contributed by atoms with E-state index in [1.54, 1.807) is 18.2 Å². The van der Waals surface area contributed by atoms with Crippen molar-refractivity contribution >= 4 is 29.1 Å². The summed E-state index contributed by atoms with van der Waals surface area (Å²) in [6.07, 6.45) is 1.43. The largest absolute Gasteiger partial charge is 0.478 e. The zero-order chi connectivity index (χ0) is 13.8. The van der Waals surface area contributed by atoms with Crippen LogP contribution in [0.2, 0.25) is 5.02 Å². The Hall–Kier alpha value is -2.58. The Balaban J connectivity index is 2.23. The molecule has 0 atom stereocenters. The first kappa shape index (κ1) is 12.9. The van der Waals surface area contributed by atoms with Gasteiger partial charge in [-0.25, -0.2) is 9.78 Å². The molecule has 0 radical (unpaired) electrons. The van der Waals surface area contributed by atoms with Gasteiger partial charge in [0.1, 0.15) is 11.9 Å². The smallest absolute Gasteiger partial charge is 0.335 e. The Bertz CT molecular complexity index is 663. The molecule has 0 spiro atoms. The third kappa shape index (κ3) is 3.00. The maximum absolute atomic E-state index is 10.8. The predicted octanol–water partition coefficient (Wildman–Crippen LogP) is 3.05. The maximum atomic E-state index is 10.8. The van der Waals surface area contributed by atoms with Crippen LogP contribution < -0.4 is 5.32 Å². The Kier molecular flexibility index (Phi) is 3.64. The van der Waals surface area contributed by atoms with Gasteiger partial charge in [-0.05, 0) is 30.3 Å². The molecule has 2 aromatic rings. The number of anilines is 2. The number of hydrogen-bond donors (Lipinski definition) is 2. The molecule has 1 aromatic carbocycles. The lowest BCUT2D eigenvalue weighted by molar-refractivity contribution is 0.0697. The van der Waals surface area contributed by atoms with Crippen molar-refractivity contribution in [2.24, 2.45) is 0 Å². The lowest BCUT2D eigenvalue weighted by atomic mass is 10.2. The minimum Gasteiger partial charge on any atom is -0.478 e. The van der Waals surface area contributed by atoms with Crippen LogP contribution in [0.3, 0.4) is 0 Å². The molecule has 5 nitrogen and oxygen atoms in total. The van der Waals surface area contributed by atoms with E-state index in [-0.39, 0.29) is 10.6 Å². The van der Waals surface area contributed by atoms with Gasteiger partial charge in [0.05, 0.1) is 21.8 Å². The van der Waals surface area contributed by atoms with Crippen LogP contribution in [0.1, 0.15) is 15.9 Å². The van der Waals surface area contributed by atoms with Crippen LogP contribution in [0, 0.1) is 11.3 Å². The predicted molar refractivity (Wildman–Crippen MR) is 70.6 cm³/mol. The number of hydrogen-bond acceptors (Lipinski definition) is 4. The third-order valence-corrected chi connectivity index (χ3v) is 2.68. The lowest BCUT2D eigenvalue weighted by Crippen LogP contribution is -1.98. The van der Waals surface area contributed by atoms with Crippen LogP contribution in [0.15, 0.2) is 36.5 Å². The number of aromatic nitrogens is 1. The van der Waals surface area contributed by atoms with E-state index in [2.05, 4.69) is 10.3 Å². The molecule has 0 saturated carbocycles. The topological polar surface area (TPSA) is 86.0 Å². The number of carbonyl (C=O) groups is 1. The van der Waals surface area contributed by atoms with Gasteiger partial charge in [0.2, 0.25) is 0 Å². The Morgan fingerprint density at radius 3 is 2.68 bits per heavy atom. The van der Waals surface area contributed by atoms with E-state index >= 15 is 0 Å². The van der Waals surface area contributed by atoms with Crippen molar-refractivity contribution in [2.45, 2.75) is 0 Å². The number of rotatable bonds is 3. The van der Waals surface area contributed by atoms with E-state index in [0.717, 1.165) is 0 Å². The highest BCUT2D eigenvalue weighted by Gasteiger charge is 2.07. The first-order valence-electron chi connectivity index (χ1n) is 5.26. The van der Waals surface area contributed by atoms with E-state index in [1.165, 1.54) is 18.3 Å². The summed E-state index contributed by atoms with van der Waals surface area (Å²) in [6.45, 7) is 0. The van der Waals surface area contributed by atoms with Gasteiger partial charge in [-0.15, -0.1) is 0 Å². The zero-order valence-electron chi connectivity index (χ0n) is 9.59. The molecule has 0 aliphatic rings. The third-order valence-electron chi connectivity index (χ3n) is 2.37. The molecular formula is C13H8ClN3O2. The Morgan fingerprint density at radius 1 is 1.37 bits per heavy atom. The zero-order valence-corrected chi connectivity index (χ0v) is 10.3. The van der Waals surface area contributed by atoms with E-state index in [9.17, 15) is 4.79 Å². The molecule has 2 rings (SSSR count). The summed E-state index contributed by atoms with van der Waals surface area (Å²) in [6, 6.07) is 9.59. The molecule has 0 fully saturated rings. The average molecular weight is 274 g/mol. The SMILES string of the molecule is N#Cc1ccc(Nc2ccc(C(=O)O)cc2Cl)nc1. The summed E-state index contributed by atoms with van der Waals surface area (Å²) < 4.78 is 0. The summed E-state index contributed by atoms with van der Waals surface area (Å²) in [5.41, 5.74) is 1.12. The highest BCUT2D eigenvalue weighted by Crippen LogP contribution is 2.25. The fraction of sp³-hybridized carbons (Fsp3) is 0. The minimum atomic E-state index is -1.04. The second-order valence-corrected chi connectivity index (χ2v) is 4.08. The quantitative estimate of drug-likeness (QED) is 0.897. The average Bonchev–Trinajstić information content (AvgIpc) is 2.41. The first-order chi connectivity index (χ1) is 9.10. The van der Waals surface area contributed by atoms with E-state index < -0.39 is 5.97 Å². The summed E-state index contributed by atoms with van der Waals surface area (Å²) in [5, 5.41) is 20.7. The van der Waals surface area contributed by atoms with Crippen LogP contribution in [0.5, 0.6) is 0 Å². The molecule has 94 valence electrons. The lowest BCUT2D eigenvalue weighted by Gasteiger charge is -2.08. The summed E-state index contributed by atoms with van der Waals surface area (Å²) >= 11 is 5.98. The van der Waals surface area contributed by atoms with Gasteiger partial charge in [-0.2, -0.15) is 5.26 Å². The molecule has 0 amide bonds. The van der Waals surface area contributed by atoms with Crippen LogP contribution in [0.25, 0.3) is 0 Å². The number of halogens is 1. The Labute approximate surface area is 114 Å². The number of nitrogens with one attached hydrogen (secondary N) is 1. The molecule has 6 heteroatoms. The van der Waals surface area contributed by atoms with Gasteiger partial charge in [0.15, 0.2) is 0 Å². The second kappa shape index (κ2) is 5.38. The summed E-state index contributed by atoms with van der Waals surface area (Å²) in [7, 11) is 0. The molecular weight excluding hydrogens is 266 g/mol. The number of benzene rings is 1. The van der Waals surface area contributed by atoms with Crippen molar-refractivity contribution in [1.82, 2.24) is 4.98 Å². The Morgan fingerprint density at radius 2 is 2.16 bits per heavy atom. The molecule has 0 bridgehead atoms. The van der Waals surface area contributed by atoms with E-state index in [0.29, 0.717) is 17.1 Å². The number of nitrogens with zero attached hydrogens (tertiary/aromatic N) is 2. The number of pyridine rings is 1. The highest BCUT2D eigenvalue weighted by molar-refractivity contribution is 6.33. The molecule has 19 heavy (non-hydrogen) atoms. The molecule has 0 aliphatic carbocycles. The van der Waals surface area contributed by atoms with Gasteiger partial charge in [-0.3, -0.25) is 0 Å². The molecule has 1 heterocycles. The van der Waals surface area contributed by atoms with Crippen molar-refractivity contribution < 1.29 is 9.90 Å². The molecule has 2 N–H and O–H groups in total. The standard InChI is InChI=1S/C13H8ClN3O2/c14-10-5-9(13(18)19)2-3-11(10)17-12-4-1-8(6-15)7-16-12/h1-5,7H,(H,16,17)(H,18,19). The van der Waals surface area contributed by atoms with E-state index in [4.69, 9.17) is 22.0 Å². The monoisotopic (exact) mass is 273 g/mol. The van der Waals surface area contributed by atoms with Crippen LogP contribution in [-0.2, 0) is 0 Å². The molecule has 0 saturated heterocycles. The molecule has 1 aromatic heterocycles. The van der Waals surface area contributed by atoms with Gasteiger partial charge in [-0.1, -0.05) is 11.6 Å². The van der Waals surface area contributed by atoms with Crippen molar-refractivity contribution in [3.05, 3.63) is 52.7 Å². The van der Waals surface area contributed by atoms with Crippen LogP contribution in [0.4, 0.5) is 11.5 Å². The van der Waals surface area contributed by atoms with Crippen LogP contribution in [-0.4, -0.2) is 16.1 Å². The van der Waals surface area contributed by atoms with Gasteiger partial charge in [0.25, 0.3) is 0 Å². The van der Waals surface area contributed by atoms with Crippen molar-refractivity contribution in [2.75, 3.05) is 5.32 Å². The van der Waals surface area contributed by atoms with E-state index in [1.807, 2.05) is 6.07 Å². The van der Waals surface area contributed by atoms with Crippen LogP contribution >= 0.6 is 11.6 Å². The molecule has 0 aliphatic heterocycles. The summed E-state index contributed by atoms with van der Waals surface area (Å²) in [5.74, 6) is -0.520. The normalized spacial score (nSPS) is 9.68. The van der Waals surface area contributed by atoms with Gasteiger partial charge in [0, 0.05) is 6.20 Å². The number of nitriles is 1. The van der Waals surface area contributed by atoms with Gasteiger partial charge >= 0.3 is 5.97 Å². The maximum Gasteiger partial charge on any atom is 0.335 e. The summed E-state index contributed by atoms with van der Waals surface area (Å²) in [4.78, 5) is 14.8. The second-order valence-electron chi connectivity index (χ2n) is 3.67. The number of carboxylic acid groups (broad SMARTS) is 1. The fourth-order valence-electron chi connectivity index (χ4n) is 1.42. The van der Waals surface area contributed by atoms with Crippen molar-refractivity contribution in [1.29, 1.82) is 5.26 Å². The minimum absolute atomic E-state index is 0.114.